The lowest BCUT2D eigenvalue weighted by atomic mass is 9.67. The number of amides is 2. The number of carbonyl (C=O) groups excluding carboxylic acids is 2. The number of nitrogens with zero attached hydrogens (tertiary/aromatic N) is 2. The fourth-order valence-corrected chi connectivity index (χ4v) is 4.74. The van der Waals surface area contributed by atoms with E-state index in [4.69, 9.17) is 4.74 Å². The van der Waals surface area contributed by atoms with E-state index in [0.29, 0.717) is 18.6 Å². The second kappa shape index (κ2) is 7.63. The van der Waals surface area contributed by atoms with Crippen molar-refractivity contribution in [3.05, 3.63) is 35.9 Å². The lowest BCUT2D eigenvalue weighted by Crippen LogP contribution is -2.55. The second-order valence-electron chi connectivity index (χ2n) is 8.38. The zero-order chi connectivity index (χ0) is 18.9. The Kier molecular flexibility index (Phi) is 5.22. The largest absolute Gasteiger partial charge is 0.372 e. The summed E-state index contributed by atoms with van der Waals surface area (Å²) in [6.45, 7) is 5.09. The molecule has 0 aromatic heterocycles. The molecule has 0 unspecified atom stereocenters. The number of benzene rings is 1. The Morgan fingerprint density at radius 3 is 2.52 bits per heavy atom. The van der Waals surface area contributed by atoms with E-state index in [1.807, 2.05) is 30.0 Å². The Morgan fingerprint density at radius 1 is 1.19 bits per heavy atom. The first-order valence-corrected chi connectivity index (χ1v) is 10.3. The lowest BCUT2D eigenvalue weighted by Gasteiger charge is -2.50. The number of likely N-dealkylation sites (tertiary alicyclic amines) is 2. The first-order valence-electron chi connectivity index (χ1n) is 10.3. The molecule has 0 N–H and O–H groups in total. The van der Waals surface area contributed by atoms with Gasteiger partial charge in [-0.25, -0.2) is 0 Å². The fraction of sp³-hybridized carbons (Fsp3) is 0.636. The Morgan fingerprint density at radius 2 is 1.89 bits per heavy atom. The molecule has 1 aliphatic carbocycles. The number of rotatable bonds is 5. The van der Waals surface area contributed by atoms with Gasteiger partial charge in [0.2, 0.25) is 11.8 Å². The predicted octanol–water partition coefficient (Wildman–Crippen LogP) is 2.81. The van der Waals surface area contributed by atoms with Crippen molar-refractivity contribution in [2.75, 3.05) is 32.8 Å². The second-order valence-corrected chi connectivity index (χ2v) is 8.38. The van der Waals surface area contributed by atoms with Gasteiger partial charge in [-0.3, -0.25) is 9.59 Å². The van der Waals surface area contributed by atoms with Crippen LogP contribution in [0.4, 0.5) is 0 Å². The molecule has 3 aliphatic rings. The van der Waals surface area contributed by atoms with Crippen LogP contribution in [0.25, 0.3) is 0 Å². The highest BCUT2D eigenvalue weighted by Crippen LogP contribution is 2.48. The van der Waals surface area contributed by atoms with Gasteiger partial charge in [-0.1, -0.05) is 30.3 Å². The van der Waals surface area contributed by atoms with Gasteiger partial charge in [0.1, 0.15) is 6.61 Å². The molecule has 3 fully saturated rings. The molecule has 2 heterocycles. The van der Waals surface area contributed by atoms with Crippen molar-refractivity contribution in [3.8, 4) is 0 Å². The van der Waals surface area contributed by atoms with Crippen LogP contribution in [0.5, 0.6) is 0 Å². The molecular weight excluding hydrogens is 340 g/mol. The van der Waals surface area contributed by atoms with Crippen molar-refractivity contribution in [3.63, 3.8) is 0 Å². The summed E-state index contributed by atoms with van der Waals surface area (Å²) in [6.07, 6.45) is 5.15. The Labute approximate surface area is 161 Å². The predicted molar refractivity (Wildman–Crippen MR) is 103 cm³/mol. The first-order chi connectivity index (χ1) is 13.1. The van der Waals surface area contributed by atoms with Crippen molar-refractivity contribution in [1.82, 2.24) is 9.80 Å². The molecule has 2 amide bonds. The highest BCUT2D eigenvalue weighted by molar-refractivity contribution is 5.85. The fourth-order valence-electron chi connectivity index (χ4n) is 4.74. The van der Waals surface area contributed by atoms with Crippen molar-refractivity contribution in [2.24, 2.45) is 5.41 Å². The van der Waals surface area contributed by atoms with E-state index in [-0.39, 0.29) is 23.8 Å². The molecule has 5 nitrogen and oxygen atoms in total. The summed E-state index contributed by atoms with van der Waals surface area (Å²) in [6, 6.07) is 10.7. The molecule has 1 spiro atoms. The summed E-state index contributed by atoms with van der Waals surface area (Å²) >= 11 is 0. The summed E-state index contributed by atoms with van der Waals surface area (Å²) in [5.41, 5.74) is 1.28. The number of piperidine rings is 2. The van der Waals surface area contributed by atoms with Crippen LogP contribution in [0.3, 0.4) is 0 Å². The topological polar surface area (TPSA) is 49.9 Å². The zero-order valence-electron chi connectivity index (χ0n) is 16.2. The third-order valence-corrected chi connectivity index (χ3v) is 6.52. The number of hydrogen-bond donors (Lipinski definition) is 0. The SMILES string of the molecule is CCOCC(=O)N1CCC2(CC1)C[C@@H](c1ccccc1)C(=O)N(C1CC1)C2. The molecule has 1 aromatic carbocycles. The zero-order valence-corrected chi connectivity index (χ0v) is 16.2. The van der Waals surface area contributed by atoms with Crippen LogP contribution in [0.15, 0.2) is 30.3 Å². The minimum absolute atomic E-state index is 0.0359. The molecule has 27 heavy (non-hydrogen) atoms. The van der Waals surface area contributed by atoms with E-state index in [1.54, 1.807) is 0 Å². The van der Waals surface area contributed by atoms with Gasteiger partial charge in [-0.2, -0.15) is 0 Å². The van der Waals surface area contributed by atoms with Crippen LogP contribution in [-0.2, 0) is 14.3 Å². The van der Waals surface area contributed by atoms with Gasteiger partial charge in [-0.05, 0) is 50.0 Å². The molecule has 146 valence electrons. The third kappa shape index (κ3) is 3.88. The van der Waals surface area contributed by atoms with Gasteiger partial charge < -0.3 is 14.5 Å². The van der Waals surface area contributed by atoms with Gasteiger partial charge in [0.25, 0.3) is 0 Å². The van der Waals surface area contributed by atoms with Gasteiger partial charge in [0, 0.05) is 32.3 Å². The van der Waals surface area contributed by atoms with E-state index in [9.17, 15) is 9.59 Å². The molecule has 2 saturated heterocycles. The molecule has 0 radical (unpaired) electrons. The smallest absolute Gasteiger partial charge is 0.248 e. The maximum atomic E-state index is 13.2. The molecule has 2 aliphatic heterocycles. The Balaban J connectivity index is 1.49. The normalized spacial score (nSPS) is 25.1. The highest BCUT2D eigenvalue weighted by atomic mass is 16.5. The maximum absolute atomic E-state index is 13.2. The van der Waals surface area contributed by atoms with Crippen molar-refractivity contribution in [1.29, 1.82) is 0 Å². The Hall–Kier alpha value is -1.88. The highest BCUT2D eigenvalue weighted by Gasteiger charge is 2.49. The Bertz CT molecular complexity index is 678. The molecule has 1 saturated carbocycles. The average molecular weight is 370 g/mol. The molecule has 5 heteroatoms. The van der Waals surface area contributed by atoms with Gasteiger partial charge in [-0.15, -0.1) is 0 Å². The summed E-state index contributed by atoms with van der Waals surface area (Å²) < 4.78 is 5.29. The van der Waals surface area contributed by atoms with Crippen LogP contribution < -0.4 is 0 Å². The van der Waals surface area contributed by atoms with Crippen LogP contribution in [0.2, 0.25) is 0 Å². The summed E-state index contributed by atoms with van der Waals surface area (Å²) in [7, 11) is 0. The van der Waals surface area contributed by atoms with Gasteiger partial charge in [0.05, 0.1) is 5.92 Å². The molecule has 1 aromatic rings. The number of carbonyl (C=O) groups is 2. The van der Waals surface area contributed by atoms with E-state index >= 15 is 0 Å². The summed E-state index contributed by atoms with van der Waals surface area (Å²) in [5, 5.41) is 0. The third-order valence-electron chi connectivity index (χ3n) is 6.52. The van der Waals surface area contributed by atoms with Gasteiger partial charge >= 0.3 is 0 Å². The van der Waals surface area contributed by atoms with Gasteiger partial charge in [0.15, 0.2) is 0 Å². The quantitative estimate of drug-likeness (QED) is 0.801. The van der Waals surface area contributed by atoms with E-state index in [1.165, 1.54) is 0 Å². The van der Waals surface area contributed by atoms with Crippen LogP contribution >= 0.6 is 0 Å². The lowest BCUT2D eigenvalue weighted by molar-refractivity contribution is -0.146. The molecule has 1 atom stereocenters. The van der Waals surface area contributed by atoms with Crippen LogP contribution in [-0.4, -0.2) is 60.5 Å². The maximum Gasteiger partial charge on any atom is 0.248 e. The van der Waals surface area contributed by atoms with Crippen LogP contribution in [0, 0.1) is 5.41 Å². The van der Waals surface area contributed by atoms with Crippen molar-refractivity contribution in [2.45, 2.75) is 51.0 Å². The van der Waals surface area contributed by atoms with E-state index < -0.39 is 0 Å². The number of hydrogen-bond acceptors (Lipinski definition) is 3. The monoisotopic (exact) mass is 370 g/mol. The molecular formula is C22H30N2O3. The number of ether oxygens (including phenoxy) is 1. The molecule has 0 bridgehead atoms. The summed E-state index contributed by atoms with van der Waals surface area (Å²) in [4.78, 5) is 29.6. The standard InChI is InChI=1S/C22H30N2O3/c1-2-27-15-20(25)23-12-10-22(11-13-23)14-19(17-6-4-3-5-7-17)21(26)24(16-22)18-8-9-18/h3-7,18-19H,2,8-16H2,1H3/t19-/m0/s1. The van der Waals surface area contributed by atoms with Crippen molar-refractivity contribution < 1.29 is 14.3 Å². The minimum atomic E-state index is -0.0359. The summed E-state index contributed by atoms with van der Waals surface area (Å²) in [5.74, 6) is 0.368. The van der Waals surface area contributed by atoms with E-state index in [2.05, 4.69) is 17.0 Å². The van der Waals surface area contributed by atoms with Crippen LogP contribution in [0.1, 0.15) is 50.5 Å². The minimum Gasteiger partial charge on any atom is -0.372 e. The first kappa shape index (κ1) is 18.5. The van der Waals surface area contributed by atoms with E-state index in [0.717, 1.165) is 57.3 Å². The molecule has 4 rings (SSSR count). The average Bonchev–Trinajstić information content (AvgIpc) is 3.54. The van der Waals surface area contributed by atoms with Crippen molar-refractivity contribution >= 4 is 11.8 Å².